The molecule has 0 unspecified atom stereocenters. The second-order valence-electron chi connectivity index (χ2n) is 5.74. The molecule has 0 bridgehead atoms. The van der Waals surface area contributed by atoms with Gasteiger partial charge in [0.25, 0.3) is 0 Å². The number of nitrogens with zero attached hydrogens (tertiary/aromatic N) is 1. The van der Waals surface area contributed by atoms with E-state index in [1.165, 1.54) is 0 Å². The Morgan fingerprint density at radius 3 is 1.96 bits per heavy atom. The average molecular weight is 407 g/mol. The summed E-state index contributed by atoms with van der Waals surface area (Å²) >= 11 is 4.82. The predicted molar refractivity (Wildman–Crippen MR) is 115 cm³/mol. The van der Waals surface area contributed by atoms with Crippen molar-refractivity contribution in [2.24, 2.45) is 5.73 Å². The summed E-state index contributed by atoms with van der Waals surface area (Å²) < 4.78 is 0. The van der Waals surface area contributed by atoms with Gasteiger partial charge in [-0.3, -0.25) is 4.98 Å². The van der Waals surface area contributed by atoms with Crippen molar-refractivity contribution in [2.75, 3.05) is 26.3 Å². The Morgan fingerprint density at radius 1 is 1.12 bits per heavy atom. The molecule has 0 aliphatic rings. The molecule has 1 rings (SSSR count). The molecule has 152 valence electrons. The summed E-state index contributed by atoms with van der Waals surface area (Å²) in [5.41, 5.74) is 7.36. The highest BCUT2D eigenvalue weighted by Crippen LogP contribution is 2.01. The van der Waals surface area contributed by atoms with E-state index in [9.17, 15) is 0 Å². The van der Waals surface area contributed by atoms with Crippen LogP contribution >= 0.6 is 24.6 Å². The van der Waals surface area contributed by atoms with Crippen LogP contribution in [0.5, 0.6) is 0 Å². The van der Waals surface area contributed by atoms with Crippen molar-refractivity contribution in [3.05, 3.63) is 29.6 Å². The zero-order valence-corrected chi connectivity index (χ0v) is 17.7. The Kier molecular flexibility index (Phi) is 18.5. The number of aliphatic hydroxyl groups excluding tert-OH is 2. The Bertz CT molecular complexity index is 458. The maximum atomic E-state index is 8.90. The van der Waals surface area contributed by atoms with E-state index in [1.54, 1.807) is 6.20 Å². The highest BCUT2D eigenvalue weighted by molar-refractivity contribution is 7.80. The van der Waals surface area contributed by atoms with Gasteiger partial charge in [0.15, 0.2) is 0 Å². The third-order valence-electron chi connectivity index (χ3n) is 3.88. The molecule has 0 aliphatic carbocycles. The second kappa shape index (κ2) is 17.6. The van der Waals surface area contributed by atoms with Gasteiger partial charge in [0.05, 0.1) is 13.2 Å². The van der Waals surface area contributed by atoms with Crippen LogP contribution in [0.1, 0.15) is 44.9 Å². The van der Waals surface area contributed by atoms with Crippen molar-refractivity contribution in [3.8, 4) is 0 Å². The summed E-state index contributed by atoms with van der Waals surface area (Å²) in [5, 5.41) is 24.3. The van der Waals surface area contributed by atoms with Gasteiger partial charge in [0, 0.05) is 42.6 Å². The van der Waals surface area contributed by atoms with Gasteiger partial charge in [-0.2, -0.15) is 0 Å². The van der Waals surface area contributed by atoms with Crippen molar-refractivity contribution in [1.82, 2.24) is 15.6 Å². The first kappa shape index (κ1) is 27.4. The third kappa shape index (κ3) is 12.5. The molecule has 8 heteroatoms. The first-order chi connectivity index (χ1) is 12.0. The molecular weight excluding hydrogens is 372 g/mol. The first-order valence-electron chi connectivity index (χ1n) is 8.95. The normalized spacial score (nSPS) is 12.3. The molecule has 0 radical (unpaired) electrons. The van der Waals surface area contributed by atoms with Gasteiger partial charge in [0.1, 0.15) is 4.99 Å². The molecule has 0 amide bonds. The van der Waals surface area contributed by atoms with Crippen molar-refractivity contribution in [2.45, 2.75) is 52.1 Å². The first-order valence-corrected chi connectivity index (χ1v) is 9.36. The van der Waals surface area contributed by atoms with Crippen LogP contribution in [-0.4, -0.2) is 58.6 Å². The maximum absolute atomic E-state index is 8.90. The topological polar surface area (TPSA) is 103 Å². The van der Waals surface area contributed by atoms with Crippen LogP contribution in [0.4, 0.5) is 0 Å². The van der Waals surface area contributed by atoms with Gasteiger partial charge in [-0.1, -0.05) is 33.0 Å². The summed E-state index contributed by atoms with van der Waals surface area (Å²) in [7, 11) is 0. The molecule has 1 aromatic rings. The van der Waals surface area contributed by atoms with Crippen LogP contribution < -0.4 is 16.4 Å². The average Bonchev–Trinajstić information content (AvgIpc) is 2.65. The van der Waals surface area contributed by atoms with Gasteiger partial charge >= 0.3 is 0 Å². The lowest BCUT2D eigenvalue weighted by Crippen LogP contribution is -2.40. The zero-order valence-electron chi connectivity index (χ0n) is 16.1. The van der Waals surface area contributed by atoms with E-state index in [-0.39, 0.29) is 37.7 Å². The highest BCUT2D eigenvalue weighted by Gasteiger charge is 2.04. The van der Waals surface area contributed by atoms with E-state index in [4.69, 9.17) is 28.2 Å². The van der Waals surface area contributed by atoms with Gasteiger partial charge in [-0.05, 0) is 31.4 Å². The van der Waals surface area contributed by atoms with Crippen molar-refractivity contribution in [3.63, 3.8) is 0 Å². The number of rotatable bonds is 11. The fourth-order valence-electron chi connectivity index (χ4n) is 2.05. The predicted octanol–water partition coefficient (Wildman–Crippen LogP) is 1.41. The van der Waals surface area contributed by atoms with Gasteiger partial charge in [0.2, 0.25) is 0 Å². The second-order valence-corrected chi connectivity index (χ2v) is 6.18. The number of nitrogens with two attached hydrogens (primary N) is 1. The van der Waals surface area contributed by atoms with Crippen LogP contribution in [0.25, 0.3) is 0 Å². The lowest BCUT2D eigenvalue weighted by molar-refractivity contribution is 0.229. The van der Waals surface area contributed by atoms with Gasteiger partial charge < -0.3 is 26.6 Å². The fraction of sp³-hybridized carbons (Fsp3) is 0.667. The molecule has 0 fully saturated rings. The van der Waals surface area contributed by atoms with Crippen LogP contribution in [0.15, 0.2) is 18.3 Å². The largest absolute Gasteiger partial charge is 0.395 e. The van der Waals surface area contributed by atoms with Crippen LogP contribution in [0.3, 0.4) is 0 Å². The number of hydrogen-bond acceptors (Lipinski definition) is 6. The molecule has 26 heavy (non-hydrogen) atoms. The van der Waals surface area contributed by atoms with Crippen molar-refractivity contribution in [1.29, 1.82) is 0 Å². The number of aliphatic hydroxyl groups is 2. The van der Waals surface area contributed by atoms with E-state index in [0.717, 1.165) is 43.6 Å². The summed E-state index contributed by atoms with van der Waals surface area (Å²) in [4.78, 5) is 4.56. The van der Waals surface area contributed by atoms with Crippen LogP contribution in [0, 0.1) is 0 Å². The molecule has 0 saturated carbocycles. The number of aryl methyl sites for hydroxylation is 1. The zero-order chi connectivity index (χ0) is 19.1. The maximum Gasteiger partial charge on any atom is 0.104 e. The molecule has 1 aromatic heterocycles. The molecule has 1 heterocycles. The molecule has 2 atom stereocenters. The number of nitrogens with one attached hydrogen (secondary N) is 2. The molecule has 0 aromatic carbocycles. The monoisotopic (exact) mass is 406 g/mol. The highest BCUT2D eigenvalue weighted by atomic mass is 35.5. The van der Waals surface area contributed by atoms with E-state index in [2.05, 4.69) is 15.6 Å². The number of hydrogen-bond donors (Lipinski definition) is 5. The van der Waals surface area contributed by atoms with Gasteiger partial charge in [-0.25, -0.2) is 0 Å². The van der Waals surface area contributed by atoms with E-state index >= 15 is 0 Å². The quantitative estimate of drug-likeness (QED) is 0.279. The lowest BCUT2D eigenvalue weighted by Gasteiger charge is -2.17. The Labute approximate surface area is 169 Å². The minimum Gasteiger partial charge on any atom is -0.395 e. The number of thiocarbonyl (C=S) groups is 1. The third-order valence-corrected chi connectivity index (χ3v) is 4.12. The summed E-state index contributed by atoms with van der Waals surface area (Å²) in [6.07, 6.45) is 4.52. The van der Waals surface area contributed by atoms with E-state index < -0.39 is 0 Å². The Hall–Kier alpha value is -0.830. The molecule has 0 saturated heterocycles. The molecule has 6 nitrogen and oxygen atoms in total. The van der Waals surface area contributed by atoms with Crippen LogP contribution in [-0.2, 0) is 6.42 Å². The summed E-state index contributed by atoms with van der Waals surface area (Å²) in [6, 6.07) is 4.14. The fourth-order valence-corrected chi connectivity index (χ4v) is 2.18. The minimum absolute atomic E-state index is 0. The molecule has 6 N–H and O–H groups in total. The van der Waals surface area contributed by atoms with Crippen molar-refractivity contribution < 1.29 is 10.2 Å². The smallest absolute Gasteiger partial charge is 0.104 e. The molecule has 0 spiro atoms. The number of halogens is 1. The SMILES string of the molecule is CC[C@@H](CO)NCCN[C@@H](CC)CO.CCc1cc(C(N)=S)ccn1.Cl. The number of aromatic nitrogens is 1. The number of pyridine rings is 1. The summed E-state index contributed by atoms with van der Waals surface area (Å²) in [5.74, 6) is 0. The van der Waals surface area contributed by atoms with Crippen LogP contribution in [0.2, 0.25) is 0 Å². The lowest BCUT2D eigenvalue weighted by atomic mass is 10.2. The summed E-state index contributed by atoms with van der Waals surface area (Å²) in [6.45, 7) is 8.17. The molecule has 0 aliphatic heterocycles. The molecular formula is C18H35ClN4O2S. The van der Waals surface area contributed by atoms with Gasteiger partial charge in [-0.15, -0.1) is 12.4 Å². The Morgan fingerprint density at radius 2 is 1.62 bits per heavy atom. The Balaban J connectivity index is 0. The van der Waals surface area contributed by atoms with E-state index in [1.807, 2.05) is 32.9 Å². The van der Waals surface area contributed by atoms with E-state index in [0.29, 0.717) is 4.99 Å². The van der Waals surface area contributed by atoms with Crippen molar-refractivity contribution >= 4 is 29.6 Å². The minimum atomic E-state index is 0. The standard InChI is InChI=1S/C10H24N2O2.C8H10N2S.ClH/c1-3-9(7-13)11-5-6-12-10(4-2)8-14;1-2-7-5-6(8(9)11)3-4-10-7;/h9-14H,3-8H2,1-2H3;3-5H,2H2,1H3,(H2,9,11);1H/t9-,10-;;/m0../s1.